The minimum Gasteiger partial charge on any atom is -0.462 e. The second-order valence-electron chi connectivity index (χ2n) is 11.7. The highest BCUT2D eigenvalue weighted by Crippen LogP contribution is 2.44. The number of nitrogens with one attached hydrogen (secondary N) is 2. The third kappa shape index (κ3) is 7.88. The Morgan fingerprint density at radius 3 is 2.38 bits per heavy atom. The molecule has 3 heterocycles. The van der Waals surface area contributed by atoms with Gasteiger partial charge in [-0.15, -0.1) is 21.5 Å². The number of carbonyl (C=O) groups excluding carboxylic acids is 2. The first-order chi connectivity index (χ1) is 22.8. The summed E-state index contributed by atoms with van der Waals surface area (Å²) in [6, 6.07) is 12.4. The van der Waals surface area contributed by atoms with Crippen molar-refractivity contribution in [1.82, 2.24) is 19.9 Å². The second-order valence-corrected chi connectivity index (χ2v) is 15.4. The highest BCUT2D eigenvalue weighted by atomic mass is 35.5. The topological polar surface area (TPSA) is 146 Å². The smallest absolute Gasteiger partial charge is 0.342 e. The van der Waals surface area contributed by atoms with Crippen molar-refractivity contribution in [1.29, 1.82) is 0 Å². The number of aryl methyl sites for hydroxylation is 2. The average Bonchev–Trinajstić information content (AvgIpc) is 3.50. The number of amides is 1. The van der Waals surface area contributed by atoms with Crippen molar-refractivity contribution in [2.24, 2.45) is 4.99 Å². The first-order valence-corrected chi connectivity index (χ1v) is 18.3. The van der Waals surface area contributed by atoms with Gasteiger partial charge in [0.25, 0.3) is 0 Å². The van der Waals surface area contributed by atoms with Crippen LogP contribution in [0.25, 0.3) is 5.00 Å². The van der Waals surface area contributed by atoms with Gasteiger partial charge in [-0.2, -0.15) is 0 Å². The third-order valence-corrected chi connectivity index (χ3v) is 10.9. The molecule has 0 fully saturated rings. The minimum absolute atomic E-state index is 0.00221. The number of carbonyl (C=O) groups is 2. The standard InChI is InChI=1S/C33H38ClN6O6PS/c1-18(2)45-33(42)20(4)39-47(43,17-44-7)46-26-14-12-25(13-15-26)35-28(41)16-27-31-38-37-22(6)40(31)32-29(19(3)21(5)48-32)30(36-27)23-8-10-24(34)11-9-23/h8-15,18,20,27H,16-17H2,1-7H3,(H,35,41)(H,39,43)/t20-,27-,47?/m0/s1. The summed E-state index contributed by atoms with van der Waals surface area (Å²) in [5.41, 5.74) is 4.22. The summed E-state index contributed by atoms with van der Waals surface area (Å²) in [5.74, 6) is 0.683. The van der Waals surface area contributed by atoms with E-state index in [0.29, 0.717) is 22.4 Å². The van der Waals surface area contributed by atoms with E-state index in [1.165, 1.54) is 14.0 Å². The van der Waals surface area contributed by atoms with Crippen molar-refractivity contribution in [3.05, 3.63) is 86.8 Å². The summed E-state index contributed by atoms with van der Waals surface area (Å²) in [7, 11) is -2.27. The van der Waals surface area contributed by atoms with Crippen molar-refractivity contribution in [2.75, 3.05) is 18.8 Å². The van der Waals surface area contributed by atoms with Gasteiger partial charge in [0.2, 0.25) is 5.91 Å². The second kappa shape index (κ2) is 14.7. The van der Waals surface area contributed by atoms with Crippen LogP contribution in [0.2, 0.25) is 5.02 Å². The fraction of sp³-hybridized carbons (Fsp3) is 0.364. The van der Waals surface area contributed by atoms with Gasteiger partial charge < -0.3 is 19.3 Å². The molecule has 1 unspecified atom stereocenters. The van der Waals surface area contributed by atoms with Crippen LogP contribution in [0.1, 0.15) is 66.5 Å². The Kier molecular flexibility index (Phi) is 10.9. The highest BCUT2D eigenvalue weighted by Gasteiger charge is 2.33. The van der Waals surface area contributed by atoms with Crippen molar-refractivity contribution in [3.8, 4) is 10.8 Å². The van der Waals surface area contributed by atoms with Crippen molar-refractivity contribution < 1.29 is 28.2 Å². The van der Waals surface area contributed by atoms with Crippen LogP contribution in [0.3, 0.4) is 0 Å². The van der Waals surface area contributed by atoms with Gasteiger partial charge in [0.05, 0.1) is 18.2 Å². The summed E-state index contributed by atoms with van der Waals surface area (Å²) in [4.78, 5) is 32.1. The summed E-state index contributed by atoms with van der Waals surface area (Å²) in [5, 5.41) is 16.0. The van der Waals surface area contributed by atoms with E-state index in [4.69, 9.17) is 30.6 Å². The average molecular weight is 713 g/mol. The van der Waals surface area contributed by atoms with Crippen molar-refractivity contribution in [3.63, 3.8) is 0 Å². The molecule has 12 nitrogen and oxygen atoms in total. The van der Waals surface area contributed by atoms with E-state index in [-0.39, 0.29) is 30.5 Å². The number of nitrogens with zero attached hydrogens (tertiary/aromatic N) is 4. The Morgan fingerprint density at radius 1 is 1.04 bits per heavy atom. The first kappa shape index (κ1) is 35.4. The van der Waals surface area contributed by atoms with E-state index in [1.54, 1.807) is 49.4 Å². The zero-order chi connectivity index (χ0) is 34.7. The Morgan fingerprint density at radius 2 is 1.73 bits per heavy atom. The van der Waals surface area contributed by atoms with Crippen LogP contribution in [0.4, 0.5) is 5.69 Å². The SMILES string of the molecule is COCP(=O)(N[C@@H](C)C(=O)OC(C)C)Oc1ccc(NC(=O)C[C@@H]2N=C(c3ccc(Cl)cc3)c3c(sc(C)c3C)-n3c(C)nnc32)cc1. The van der Waals surface area contributed by atoms with Crippen LogP contribution in [-0.2, 0) is 23.6 Å². The van der Waals surface area contributed by atoms with Crippen LogP contribution in [-0.4, -0.2) is 58.0 Å². The number of rotatable bonds is 12. The van der Waals surface area contributed by atoms with E-state index in [9.17, 15) is 14.2 Å². The molecule has 1 amide bonds. The number of halogens is 1. The Bertz CT molecular complexity index is 1890. The van der Waals surface area contributed by atoms with Gasteiger partial charge in [-0.3, -0.25) is 23.7 Å². The van der Waals surface area contributed by atoms with Gasteiger partial charge in [0.1, 0.15) is 35.0 Å². The molecule has 0 bridgehead atoms. The molecule has 2 aromatic carbocycles. The normalized spacial score (nSPS) is 15.9. The number of hydrogen-bond acceptors (Lipinski definition) is 10. The number of hydrogen-bond donors (Lipinski definition) is 2. The predicted molar refractivity (Wildman–Crippen MR) is 187 cm³/mol. The molecule has 1 aliphatic heterocycles. The lowest BCUT2D eigenvalue weighted by Gasteiger charge is -2.23. The predicted octanol–water partition coefficient (Wildman–Crippen LogP) is 6.93. The molecule has 0 aliphatic carbocycles. The van der Waals surface area contributed by atoms with Gasteiger partial charge >= 0.3 is 13.5 Å². The number of aromatic nitrogens is 3. The molecule has 1 aliphatic rings. The quantitative estimate of drug-likeness (QED) is 0.118. The number of fused-ring (bicyclic) bond motifs is 3. The molecule has 5 rings (SSSR count). The van der Waals surface area contributed by atoms with E-state index in [0.717, 1.165) is 32.3 Å². The molecule has 15 heteroatoms. The Hall–Kier alpha value is -3.87. The van der Waals surface area contributed by atoms with Crippen LogP contribution < -0.4 is 14.9 Å². The summed E-state index contributed by atoms with van der Waals surface area (Å²) >= 11 is 7.85. The minimum atomic E-state index is -3.65. The lowest BCUT2D eigenvalue weighted by Crippen LogP contribution is -2.36. The Balaban J connectivity index is 1.35. The molecule has 0 radical (unpaired) electrons. The fourth-order valence-corrected chi connectivity index (χ4v) is 8.25. The number of esters is 1. The molecular weight excluding hydrogens is 675 g/mol. The number of thiophene rings is 1. The largest absolute Gasteiger partial charge is 0.462 e. The molecule has 48 heavy (non-hydrogen) atoms. The lowest BCUT2D eigenvalue weighted by molar-refractivity contribution is -0.149. The van der Waals surface area contributed by atoms with Crippen LogP contribution in [0, 0.1) is 20.8 Å². The molecule has 4 aromatic rings. The van der Waals surface area contributed by atoms with E-state index >= 15 is 0 Å². The van der Waals surface area contributed by atoms with Gasteiger partial charge in [-0.1, -0.05) is 23.7 Å². The van der Waals surface area contributed by atoms with Crippen LogP contribution in [0.5, 0.6) is 5.75 Å². The molecule has 254 valence electrons. The maximum absolute atomic E-state index is 13.5. The lowest BCUT2D eigenvalue weighted by atomic mass is 9.99. The van der Waals surface area contributed by atoms with E-state index in [1.807, 2.05) is 35.8 Å². The molecule has 0 saturated carbocycles. The summed E-state index contributed by atoms with van der Waals surface area (Å²) < 4.78 is 31.5. The van der Waals surface area contributed by atoms with Crippen molar-refractivity contribution >= 4 is 53.7 Å². The molecule has 0 spiro atoms. The Labute approximate surface area is 288 Å². The maximum atomic E-state index is 13.5. The van der Waals surface area contributed by atoms with Gasteiger partial charge in [-0.25, -0.2) is 5.09 Å². The first-order valence-electron chi connectivity index (χ1n) is 15.3. The zero-order valence-electron chi connectivity index (χ0n) is 27.7. The number of ether oxygens (including phenoxy) is 2. The maximum Gasteiger partial charge on any atom is 0.342 e. The van der Waals surface area contributed by atoms with Crippen LogP contribution >= 0.6 is 30.5 Å². The highest BCUT2D eigenvalue weighted by molar-refractivity contribution is 7.57. The van der Waals surface area contributed by atoms with Crippen molar-refractivity contribution in [2.45, 2.75) is 66.2 Å². The number of aliphatic imine (C=N–C) groups is 1. The van der Waals surface area contributed by atoms with Gasteiger partial charge in [0.15, 0.2) is 5.82 Å². The van der Waals surface area contributed by atoms with E-state index < -0.39 is 25.6 Å². The zero-order valence-corrected chi connectivity index (χ0v) is 30.2. The third-order valence-electron chi connectivity index (χ3n) is 7.52. The monoisotopic (exact) mass is 712 g/mol. The molecule has 2 aromatic heterocycles. The summed E-state index contributed by atoms with van der Waals surface area (Å²) in [6.07, 6.45) is -0.602. The summed E-state index contributed by atoms with van der Waals surface area (Å²) in [6.45, 7) is 11.0. The van der Waals surface area contributed by atoms with Gasteiger partial charge in [-0.05, 0) is 83.5 Å². The van der Waals surface area contributed by atoms with E-state index in [2.05, 4.69) is 34.4 Å². The molecular formula is C33H38ClN6O6PS. The molecule has 2 N–H and O–H groups in total. The number of methoxy groups -OCH3 is 1. The number of benzene rings is 2. The fourth-order valence-electron chi connectivity index (χ4n) is 5.23. The number of anilines is 1. The molecule has 3 atom stereocenters. The van der Waals surface area contributed by atoms with Crippen LogP contribution in [0.15, 0.2) is 53.5 Å². The molecule has 0 saturated heterocycles. The van der Waals surface area contributed by atoms with Gasteiger partial charge in [0, 0.05) is 33.8 Å².